The van der Waals surface area contributed by atoms with Crippen LogP contribution in [0.5, 0.6) is 5.75 Å². The SMILES string of the molecule is C=C(O)/C=C1/c2ccc(C)cc2OCC12CC2. The zero-order valence-electron chi connectivity index (χ0n) is 9.99. The summed E-state index contributed by atoms with van der Waals surface area (Å²) in [5.74, 6) is 1.05. The van der Waals surface area contributed by atoms with E-state index in [9.17, 15) is 5.11 Å². The van der Waals surface area contributed by atoms with Crippen LogP contribution >= 0.6 is 0 Å². The zero-order chi connectivity index (χ0) is 12.0. The number of ether oxygens (including phenoxy) is 1. The van der Waals surface area contributed by atoms with Crippen molar-refractivity contribution < 1.29 is 9.84 Å². The standard InChI is InChI=1S/C15H16O2/c1-10-3-4-12-13(8-11(2)16)15(5-6-15)9-17-14(12)7-10/h3-4,7-8,16H,2,5-6,9H2,1H3/b13-8-. The number of allylic oxidation sites excluding steroid dienone is 1. The van der Waals surface area contributed by atoms with Gasteiger partial charge in [0.05, 0.1) is 6.61 Å². The van der Waals surface area contributed by atoms with Gasteiger partial charge in [-0.1, -0.05) is 18.7 Å². The third kappa shape index (κ3) is 1.64. The van der Waals surface area contributed by atoms with E-state index in [1.165, 1.54) is 11.1 Å². The number of hydrogen-bond acceptors (Lipinski definition) is 2. The van der Waals surface area contributed by atoms with Crippen molar-refractivity contribution >= 4 is 5.57 Å². The van der Waals surface area contributed by atoms with Crippen molar-refractivity contribution in [1.82, 2.24) is 0 Å². The Balaban J connectivity index is 2.14. The first-order valence-corrected chi connectivity index (χ1v) is 5.95. The lowest BCUT2D eigenvalue weighted by atomic mass is 9.86. The van der Waals surface area contributed by atoms with E-state index < -0.39 is 0 Å². The number of aliphatic hydroxyl groups is 1. The summed E-state index contributed by atoms with van der Waals surface area (Å²) in [4.78, 5) is 0. The maximum atomic E-state index is 9.43. The highest BCUT2D eigenvalue weighted by Crippen LogP contribution is 2.59. The van der Waals surface area contributed by atoms with Gasteiger partial charge in [-0.25, -0.2) is 0 Å². The Hall–Kier alpha value is -1.70. The Bertz CT molecular complexity index is 522. The third-order valence-corrected chi connectivity index (χ3v) is 3.67. The number of aliphatic hydroxyl groups excluding tert-OH is 1. The molecule has 1 heterocycles. The van der Waals surface area contributed by atoms with Gasteiger partial charge in [0.2, 0.25) is 0 Å². The van der Waals surface area contributed by atoms with Crippen LogP contribution in [0.15, 0.2) is 36.6 Å². The lowest BCUT2D eigenvalue weighted by Gasteiger charge is -2.28. The largest absolute Gasteiger partial charge is 0.509 e. The molecule has 1 N–H and O–H groups in total. The van der Waals surface area contributed by atoms with Gasteiger partial charge >= 0.3 is 0 Å². The summed E-state index contributed by atoms with van der Waals surface area (Å²) in [5, 5.41) is 9.43. The normalized spacial score (nSPS) is 22.1. The van der Waals surface area contributed by atoms with Gasteiger partial charge in [0.25, 0.3) is 0 Å². The Kier molecular flexibility index (Phi) is 2.09. The van der Waals surface area contributed by atoms with Crippen LogP contribution in [0.25, 0.3) is 5.57 Å². The van der Waals surface area contributed by atoms with E-state index in [0.717, 1.165) is 30.8 Å². The smallest absolute Gasteiger partial charge is 0.127 e. The molecule has 0 radical (unpaired) electrons. The van der Waals surface area contributed by atoms with Gasteiger partial charge in [-0.2, -0.15) is 0 Å². The number of aryl methyl sites for hydroxylation is 1. The fraction of sp³-hybridized carbons (Fsp3) is 0.333. The number of fused-ring (bicyclic) bond motifs is 1. The van der Waals surface area contributed by atoms with Crippen molar-refractivity contribution in [3.05, 3.63) is 47.7 Å². The van der Waals surface area contributed by atoms with Crippen molar-refractivity contribution in [1.29, 1.82) is 0 Å². The van der Waals surface area contributed by atoms with Crippen LogP contribution in [0, 0.1) is 12.3 Å². The maximum absolute atomic E-state index is 9.43. The molecule has 1 aromatic rings. The van der Waals surface area contributed by atoms with Gasteiger partial charge in [0.15, 0.2) is 0 Å². The van der Waals surface area contributed by atoms with Crippen molar-refractivity contribution in [2.45, 2.75) is 19.8 Å². The molecule has 17 heavy (non-hydrogen) atoms. The van der Waals surface area contributed by atoms with Gasteiger partial charge in [0.1, 0.15) is 11.5 Å². The fourth-order valence-electron chi connectivity index (χ4n) is 2.51. The molecule has 0 atom stereocenters. The Labute approximate surface area is 101 Å². The Morgan fingerprint density at radius 1 is 1.47 bits per heavy atom. The molecule has 3 rings (SSSR count). The van der Waals surface area contributed by atoms with Gasteiger partial charge < -0.3 is 9.84 Å². The quantitative estimate of drug-likeness (QED) is 0.744. The van der Waals surface area contributed by atoms with Crippen LogP contribution in [0.4, 0.5) is 0 Å². The van der Waals surface area contributed by atoms with Crippen LogP contribution in [-0.2, 0) is 0 Å². The Morgan fingerprint density at radius 2 is 2.24 bits per heavy atom. The number of rotatable bonds is 1. The average Bonchev–Trinajstić information content (AvgIpc) is 3.03. The highest BCUT2D eigenvalue weighted by atomic mass is 16.5. The van der Waals surface area contributed by atoms with Crippen LogP contribution in [0.3, 0.4) is 0 Å². The van der Waals surface area contributed by atoms with Crippen molar-refractivity contribution in [3.8, 4) is 5.75 Å². The molecule has 0 amide bonds. The van der Waals surface area contributed by atoms with E-state index in [2.05, 4.69) is 31.7 Å². The summed E-state index contributed by atoms with van der Waals surface area (Å²) >= 11 is 0. The second-order valence-corrected chi connectivity index (χ2v) is 5.12. The second-order valence-electron chi connectivity index (χ2n) is 5.12. The number of hydrogen-bond donors (Lipinski definition) is 1. The molecule has 1 aliphatic heterocycles. The molecule has 88 valence electrons. The minimum Gasteiger partial charge on any atom is -0.509 e. The molecule has 1 aliphatic carbocycles. The summed E-state index contributed by atoms with van der Waals surface area (Å²) in [5.41, 5.74) is 3.62. The molecule has 1 fully saturated rings. The highest BCUT2D eigenvalue weighted by Gasteiger charge is 2.50. The Morgan fingerprint density at radius 3 is 2.88 bits per heavy atom. The molecule has 1 aromatic carbocycles. The molecule has 0 aromatic heterocycles. The van der Waals surface area contributed by atoms with Crippen molar-refractivity contribution in [2.24, 2.45) is 5.41 Å². The first-order chi connectivity index (χ1) is 8.11. The van der Waals surface area contributed by atoms with Crippen molar-refractivity contribution in [3.63, 3.8) is 0 Å². The molecule has 2 heteroatoms. The first kappa shape index (κ1) is 10.5. The molecular weight excluding hydrogens is 212 g/mol. The zero-order valence-corrected chi connectivity index (χ0v) is 9.99. The lowest BCUT2D eigenvalue weighted by Crippen LogP contribution is -2.21. The summed E-state index contributed by atoms with van der Waals surface area (Å²) in [7, 11) is 0. The predicted octanol–water partition coefficient (Wildman–Crippen LogP) is 3.62. The molecule has 0 unspecified atom stereocenters. The minimum atomic E-state index is 0.125. The van der Waals surface area contributed by atoms with Crippen LogP contribution in [-0.4, -0.2) is 11.7 Å². The minimum absolute atomic E-state index is 0.125. The van der Waals surface area contributed by atoms with E-state index >= 15 is 0 Å². The molecular formula is C15H16O2. The molecule has 1 saturated carbocycles. The third-order valence-electron chi connectivity index (χ3n) is 3.67. The molecule has 1 spiro atoms. The van der Waals surface area contributed by atoms with Crippen LogP contribution in [0.1, 0.15) is 24.0 Å². The highest BCUT2D eigenvalue weighted by molar-refractivity contribution is 5.79. The molecule has 2 nitrogen and oxygen atoms in total. The van der Waals surface area contributed by atoms with Gasteiger partial charge in [-0.3, -0.25) is 0 Å². The van der Waals surface area contributed by atoms with Crippen molar-refractivity contribution in [2.75, 3.05) is 6.61 Å². The maximum Gasteiger partial charge on any atom is 0.127 e. The predicted molar refractivity (Wildman–Crippen MR) is 68.1 cm³/mol. The van der Waals surface area contributed by atoms with E-state index in [-0.39, 0.29) is 11.2 Å². The monoisotopic (exact) mass is 228 g/mol. The van der Waals surface area contributed by atoms with Gasteiger partial charge in [-0.15, -0.1) is 0 Å². The topological polar surface area (TPSA) is 29.5 Å². The number of benzene rings is 1. The van der Waals surface area contributed by atoms with E-state index in [1.807, 2.05) is 0 Å². The van der Waals surface area contributed by atoms with Crippen LogP contribution < -0.4 is 4.74 Å². The van der Waals surface area contributed by atoms with E-state index in [0.29, 0.717) is 0 Å². The molecule has 0 bridgehead atoms. The summed E-state index contributed by atoms with van der Waals surface area (Å²) in [6.45, 7) is 6.35. The van der Waals surface area contributed by atoms with Crippen LogP contribution in [0.2, 0.25) is 0 Å². The fourth-order valence-corrected chi connectivity index (χ4v) is 2.51. The first-order valence-electron chi connectivity index (χ1n) is 5.95. The second kappa shape index (κ2) is 3.39. The molecule has 0 saturated heterocycles. The lowest BCUT2D eigenvalue weighted by molar-refractivity contribution is 0.256. The summed E-state index contributed by atoms with van der Waals surface area (Å²) in [6, 6.07) is 6.22. The van der Waals surface area contributed by atoms with Gasteiger partial charge in [-0.05, 0) is 43.0 Å². The summed E-state index contributed by atoms with van der Waals surface area (Å²) in [6.07, 6.45) is 4.07. The summed E-state index contributed by atoms with van der Waals surface area (Å²) < 4.78 is 5.84. The van der Waals surface area contributed by atoms with E-state index in [1.54, 1.807) is 6.08 Å². The van der Waals surface area contributed by atoms with Gasteiger partial charge in [0, 0.05) is 11.0 Å². The average molecular weight is 228 g/mol. The van der Waals surface area contributed by atoms with E-state index in [4.69, 9.17) is 4.74 Å². The molecule has 2 aliphatic rings.